The van der Waals surface area contributed by atoms with Gasteiger partial charge in [-0.05, 0) is 42.0 Å². The first kappa shape index (κ1) is 19.3. The van der Waals surface area contributed by atoms with E-state index in [4.69, 9.17) is 0 Å². The first-order valence-corrected chi connectivity index (χ1v) is 8.86. The summed E-state index contributed by atoms with van der Waals surface area (Å²) < 4.78 is 26.4. The number of thioether (sulfide) groups is 1. The number of anilines is 2. The molecule has 0 saturated heterocycles. The van der Waals surface area contributed by atoms with E-state index in [1.54, 1.807) is 12.1 Å². The van der Waals surface area contributed by atoms with Crippen LogP contribution in [0.25, 0.3) is 0 Å². The fourth-order valence-electron chi connectivity index (χ4n) is 2.00. The molecule has 0 unspecified atom stereocenters. The van der Waals surface area contributed by atoms with Crippen molar-refractivity contribution >= 4 is 35.5 Å². The van der Waals surface area contributed by atoms with E-state index in [-0.39, 0.29) is 28.3 Å². The summed E-state index contributed by atoms with van der Waals surface area (Å²) in [6.07, 6.45) is 1.53. The highest BCUT2D eigenvalue weighted by atomic mass is 32.2. The highest BCUT2D eigenvalue weighted by Gasteiger charge is 2.10. The van der Waals surface area contributed by atoms with Gasteiger partial charge in [0.2, 0.25) is 17.0 Å². The van der Waals surface area contributed by atoms with Gasteiger partial charge in [0.1, 0.15) is 17.4 Å². The lowest BCUT2D eigenvalue weighted by Gasteiger charge is -2.05. The molecule has 1 aromatic heterocycles. The molecule has 4 N–H and O–H groups in total. The number of hydrogen-bond donors (Lipinski definition) is 4. The van der Waals surface area contributed by atoms with E-state index in [2.05, 4.69) is 31.0 Å². The number of rotatable bonds is 7. The number of phenols is 1. The van der Waals surface area contributed by atoms with Crippen molar-refractivity contribution in [1.82, 2.24) is 15.2 Å². The number of amides is 1. The maximum absolute atomic E-state index is 13.5. The summed E-state index contributed by atoms with van der Waals surface area (Å²) in [5.74, 6) is -1.70. The monoisotopic (exact) mass is 404 g/mol. The SMILES string of the molecule is O=C(CSc1n[nH]c(N/N=C/c2ccc(O)cc2)n1)Nc1ccc(F)cc1F. The maximum Gasteiger partial charge on any atom is 0.240 e. The molecule has 0 spiro atoms. The van der Waals surface area contributed by atoms with Crippen molar-refractivity contribution < 1.29 is 18.7 Å². The van der Waals surface area contributed by atoms with Gasteiger partial charge in [-0.2, -0.15) is 10.1 Å². The Morgan fingerprint density at radius 3 is 2.79 bits per heavy atom. The molecule has 3 aromatic rings. The zero-order valence-electron chi connectivity index (χ0n) is 14.2. The number of aromatic amines is 1. The molecule has 0 bridgehead atoms. The number of carbonyl (C=O) groups excluding carboxylic acids is 1. The van der Waals surface area contributed by atoms with Gasteiger partial charge in [0.25, 0.3) is 0 Å². The second-order valence-corrected chi connectivity index (χ2v) is 6.33. The Morgan fingerprint density at radius 1 is 1.25 bits per heavy atom. The lowest BCUT2D eigenvalue weighted by Crippen LogP contribution is -2.15. The molecule has 8 nitrogen and oxygen atoms in total. The molecule has 0 aliphatic heterocycles. The van der Waals surface area contributed by atoms with Gasteiger partial charge < -0.3 is 10.4 Å². The predicted octanol–water partition coefficient (Wildman–Crippen LogP) is 2.97. The molecule has 1 heterocycles. The number of aromatic hydroxyl groups is 1. The minimum Gasteiger partial charge on any atom is -0.508 e. The van der Waals surface area contributed by atoms with Crippen LogP contribution in [-0.2, 0) is 4.79 Å². The zero-order valence-corrected chi connectivity index (χ0v) is 15.0. The van der Waals surface area contributed by atoms with Crippen molar-refractivity contribution in [3.8, 4) is 5.75 Å². The summed E-state index contributed by atoms with van der Waals surface area (Å²) in [4.78, 5) is 16.0. The highest BCUT2D eigenvalue weighted by Crippen LogP contribution is 2.17. The van der Waals surface area contributed by atoms with Crippen LogP contribution in [0.3, 0.4) is 0 Å². The highest BCUT2D eigenvalue weighted by molar-refractivity contribution is 7.99. The topological polar surface area (TPSA) is 115 Å². The second-order valence-electron chi connectivity index (χ2n) is 5.39. The molecule has 0 aliphatic rings. The summed E-state index contributed by atoms with van der Waals surface area (Å²) in [5.41, 5.74) is 3.31. The van der Waals surface area contributed by atoms with E-state index >= 15 is 0 Å². The third-order valence-corrected chi connectivity index (χ3v) is 4.13. The fourth-order valence-corrected chi connectivity index (χ4v) is 2.59. The number of hydrogen-bond acceptors (Lipinski definition) is 7. The van der Waals surface area contributed by atoms with E-state index in [0.717, 1.165) is 29.5 Å². The number of aromatic nitrogens is 3. The molecule has 144 valence electrons. The van der Waals surface area contributed by atoms with Crippen LogP contribution >= 0.6 is 11.8 Å². The van der Waals surface area contributed by atoms with Crippen LogP contribution in [0.5, 0.6) is 5.75 Å². The summed E-state index contributed by atoms with van der Waals surface area (Å²) >= 11 is 1.03. The molecular formula is C17H14F2N6O2S. The van der Waals surface area contributed by atoms with E-state index < -0.39 is 17.5 Å². The molecule has 0 radical (unpaired) electrons. The number of benzene rings is 2. The maximum atomic E-state index is 13.5. The van der Waals surface area contributed by atoms with E-state index in [0.29, 0.717) is 6.07 Å². The van der Waals surface area contributed by atoms with Gasteiger partial charge in [0.05, 0.1) is 17.7 Å². The zero-order chi connectivity index (χ0) is 19.9. The Hall–Kier alpha value is -3.47. The van der Waals surface area contributed by atoms with E-state index in [9.17, 15) is 18.7 Å². The molecule has 2 aromatic carbocycles. The first-order chi connectivity index (χ1) is 13.5. The molecule has 1 amide bonds. The van der Waals surface area contributed by atoms with Crippen LogP contribution in [0.2, 0.25) is 0 Å². The number of carbonyl (C=O) groups is 1. The van der Waals surface area contributed by atoms with Crippen LogP contribution in [0.15, 0.2) is 52.7 Å². The van der Waals surface area contributed by atoms with E-state index in [1.807, 2.05) is 0 Å². The van der Waals surface area contributed by atoms with Gasteiger partial charge in [0, 0.05) is 6.07 Å². The van der Waals surface area contributed by atoms with Crippen molar-refractivity contribution in [1.29, 1.82) is 0 Å². The fraction of sp³-hybridized carbons (Fsp3) is 0.0588. The van der Waals surface area contributed by atoms with Gasteiger partial charge >= 0.3 is 0 Å². The van der Waals surface area contributed by atoms with Crippen molar-refractivity contribution in [2.45, 2.75) is 5.16 Å². The van der Waals surface area contributed by atoms with Gasteiger partial charge in [0.15, 0.2) is 0 Å². The van der Waals surface area contributed by atoms with Crippen molar-refractivity contribution in [2.24, 2.45) is 5.10 Å². The van der Waals surface area contributed by atoms with Crippen LogP contribution < -0.4 is 10.7 Å². The Kier molecular flexibility index (Phi) is 6.17. The molecule has 3 rings (SSSR count). The van der Waals surface area contributed by atoms with Crippen molar-refractivity contribution in [3.63, 3.8) is 0 Å². The van der Waals surface area contributed by atoms with Gasteiger partial charge in [-0.15, -0.1) is 5.10 Å². The Morgan fingerprint density at radius 2 is 2.04 bits per heavy atom. The molecule has 0 atom stereocenters. The molecule has 0 saturated carbocycles. The normalized spacial score (nSPS) is 10.9. The third kappa shape index (κ3) is 5.51. The van der Waals surface area contributed by atoms with Gasteiger partial charge in [-0.25, -0.2) is 19.3 Å². The largest absolute Gasteiger partial charge is 0.508 e. The average molecular weight is 404 g/mol. The number of phenolic OH excluding ortho intramolecular Hbond substituents is 1. The Bertz CT molecular complexity index is 994. The summed E-state index contributed by atoms with van der Waals surface area (Å²) in [5, 5.41) is 22.3. The first-order valence-electron chi connectivity index (χ1n) is 7.88. The minimum absolute atomic E-state index is 0.0646. The minimum atomic E-state index is -0.853. The molecular weight excluding hydrogens is 390 g/mol. The smallest absolute Gasteiger partial charge is 0.240 e. The van der Waals surface area contributed by atoms with Crippen LogP contribution in [0.1, 0.15) is 5.56 Å². The average Bonchev–Trinajstić information content (AvgIpc) is 3.12. The number of hydrazone groups is 1. The Balaban J connectivity index is 1.47. The lowest BCUT2D eigenvalue weighted by molar-refractivity contribution is -0.113. The molecule has 0 aliphatic carbocycles. The second kappa shape index (κ2) is 8.95. The lowest BCUT2D eigenvalue weighted by atomic mass is 10.2. The van der Waals surface area contributed by atoms with Crippen LogP contribution in [-0.4, -0.2) is 38.2 Å². The molecule has 28 heavy (non-hydrogen) atoms. The molecule has 11 heteroatoms. The number of nitrogens with zero attached hydrogens (tertiary/aromatic N) is 3. The third-order valence-electron chi connectivity index (χ3n) is 3.28. The van der Waals surface area contributed by atoms with E-state index in [1.165, 1.54) is 18.3 Å². The summed E-state index contributed by atoms with van der Waals surface area (Å²) in [6.45, 7) is 0. The number of halogens is 2. The van der Waals surface area contributed by atoms with Crippen molar-refractivity contribution in [3.05, 3.63) is 59.7 Å². The summed E-state index contributed by atoms with van der Waals surface area (Å²) in [6, 6.07) is 9.33. The quantitative estimate of drug-likeness (QED) is 0.273. The van der Waals surface area contributed by atoms with Gasteiger partial charge in [-0.1, -0.05) is 11.8 Å². The standard InChI is InChI=1S/C17H14F2N6O2S/c18-11-3-6-14(13(19)7-11)21-15(27)9-28-17-22-16(24-25-17)23-20-8-10-1-4-12(26)5-2-10/h1-8,26H,9H2,(H,21,27)(H2,22,23,24,25)/b20-8+. The van der Waals surface area contributed by atoms with Crippen molar-refractivity contribution in [2.75, 3.05) is 16.5 Å². The molecule has 0 fully saturated rings. The van der Waals surface area contributed by atoms with Crippen LogP contribution in [0, 0.1) is 11.6 Å². The van der Waals surface area contributed by atoms with Gasteiger partial charge in [-0.3, -0.25) is 4.79 Å². The number of H-pyrrole nitrogens is 1. The predicted molar refractivity (Wildman–Crippen MR) is 101 cm³/mol. The Labute approximate surface area is 162 Å². The number of nitrogens with one attached hydrogen (secondary N) is 3. The summed E-state index contributed by atoms with van der Waals surface area (Å²) in [7, 11) is 0. The van der Waals surface area contributed by atoms with Crippen LogP contribution in [0.4, 0.5) is 20.4 Å².